The minimum Gasteiger partial charge on any atom is -0.470 e. The first-order chi connectivity index (χ1) is 15.7. The van der Waals surface area contributed by atoms with Crippen LogP contribution in [0.5, 0.6) is 5.88 Å². The summed E-state index contributed by atoms with van der Waals surface area (Å²) in [5.41, 5.74) is 4.30. The van der Waals surface area contributed by atoms with Gasteiger partial charge in [-0.1, -0.05) is 54.6 Å². The van der Waals surface area contributed by atoms with E-state index in [-0.39, 0.29) is 30.6 Å². The lowest BCUT2D eigenvalue weighted by molar-refractivity contribution is 0.00794. The van der Waals surface area contributed by atoms with Crippen LogP contribution in [-0.4, -0.2) is 52.7 Å². The zero-order chi connectivity index (χ0) is 21.7. The fraction of sp³-hybridized carbons (Fsp3) is 0.240. The zero-order valence-corrected chi connectivity index (χ0v) is 17.1. The number of rotatable bonds is 4. The summed E-state index contributed by atoms with van der Waals surface area (Å²) in [6, 6.07) is 20.9. The quantitative estimate of drug-likeness (QED) is 0.511. The number of aromatic nitrogens is 2. The van der Waals surface area contributed by atoms with Crippen LogP contribution in [0.25, 0.3) is 33.4 Å². The van der Waals surface area contributed by atoms with Crippen molar-refractivity contribution in [1.82, 2.24) is 9.97 Å². The Morgan fingerprint density at radius 3 is 2.44 bits per heavy atom. The molecule has 2 fully saturated rings. The Bertz CT molecular complexity index is 1260. The zero-order valence-electron chi connectivity index (χ0n) is 17.1. The van der Waals surface area contributed by atoms with E-state index in [1.54, 1.807) is 6.07 Å². The van der Waals surface area contributed by atoms with E-state index >= 15 is 0 Å². The maximum atomic E-state index is 14.9. The molecule has 0 radical (unpaired) electrons. The van der Waals surface area contributed by atoms with Crippen LogP contribution in [0.2, 0.25) is 0 Å². The van der Waals surface area contributed by atoms with Crippen molar-refractivity contribution in [3.63, 3.8) is 0 Å². The van der Waals surface area contributed by atoms with Gasteiger partial charge in [-0.15, -0.1) is 0 Å². The van der Waals surface area contributed by atoms with Crippen LogP contribution in [0.1, 0.15) is 0 Å². The third-order valence-electron chi connectivity index (χ3n) is 6.06. The number of nitrogens with one attached hydrogen (secondary N) is 1. The maximum absolute atomic E-state index is 14.9. The van der Waals surface area contributed by atoms with Crippen molar-refractivity contribution in [3.8, 4) is 28.3 Å². The van der Waals surface area contributed by atoms with E-state index in [2.05, 4.69) is 9.97 Å². The lowest BCUT2D eigenvalue weighted by Gasteiger charge is -2.16. The summed E-state index contributed by atoms with van der Waals surface area (Å²) in [5, 5.41) is 9.88. The van der Waals surface area contributed by atoms with E-state index in [0.717, 1.165) is 11.1 Å². The molecule has 7 heteroatoms. The van der Waals surface area contributed by atoms with E-state index in [1.807, 2.05) is 54.6 Å². The number of benzene rings is 2. The fourth-order valence-electron chi connectivity index (χ4n) is 4.43. The fourth-order valence-corrected chi connectivity index (χ4v) is 4.43. The van der Waals surface area contributed by atoms with Crippen molar-refractivity contribution in [2.24, 2.45) is 0 Å². The van der Waals surface area contributed by atoms with E-state index in [0.29, 0.717) is 29.1 Å². The van der Waals surface area contributed by atoms with Gasteiger partial charge in [-0.25, -0.2) is 9.37 Å². The van der Waals surface area contributed by atoms with Gasteiger partial charge >= 0.3 is 0 Å². The number of halogens is 1. The minimum atomic E-state index is -0.636. The monoisotopic (exact) mass is 432 g/mol. The Labute approximate surface area is 183 Å². The van der Waals surface area contributed by atoms with Gasteiger partial charge in [0.1, 0.15) is 24.0 Å². The maximum Gasteiger partial charge on any atom is 0.193 e. The minimum absolute atomic E-state index is 0.237. The van der Waals surface area contributed by atoms with Gasteiger partial charge in [0.25, 0.3) is 0 Å². The summed E-state index contributed by atoms with van der Waals surface area (Å²) in [7, 11) is 0. The Kier molecular flexibility index (Phi) is 4.68. The number of aliphatic hydroxyl groups excluding tert-OH is 1. The van der Waals surface area contributed by atoms with Crippen LogP contribution in [0, 0.1) is 5.82 Å². The Morgan fingerprint density at radius 1 is 0.906 bits per heavy atom. The largest absolute Gasteiger partial charge is 0.470 e. The molecule has 2 saturated heterocycles. The second-order valence-corrected chi connectivity index (χ2v) is 8.15. The first-order valence-electron chi connectivity index (χ1n) is 10.6. The lowest BCUT2D eigenvalue weighted by Crippen LogP contribution is -2.34. The van der Waals surface area contributed by atoms with Crippen molar-refractivity contribution in [3.05, 3.63) is 72.5 Å². The average Bonchev–Trinajstić information content (AvgIpc) is 3.51. The topological polar surface area (TPSA) is 76.6 Å². The molecular weight excluding hydrogens is 411 g/mol. The van der Waals surface area contributed by atoms with Crippen LogP contribution in [0.4, 0.5) is 4.39 Å². The number of hydrogen-bond acceptors (Lipinski definition) is 5. The summed E-state index contributed by atoms with van der Waals surface area (Å²) in [4.78, 5) is 7.60. The van der Waals surface area contributed by atoms with Gasteiger partial charge in [0.15, 0.2) is 17.8 Å². The van der Waals surface area contributed by atoms with Crippen molar-refractivity contribution >= 4 is 11.0 Å². The van der Waals surface area contributed by atoms with Crippen LogP contribution in [0.3, 0.4) is 0 Å². The molecule has 0 aliphatic carbocycles. The Morgan fingerprint density at radius 2 is 1.62 bits per heavy atom. The highest BCUT2D eigenvalue weighted by Gasteiger charge is 2.48. The van der Waals surface area contributed by atoms with Crippen LogP contribution in [0.15, 0.2) is 66.7 Å². The lowest BCUT2D eigenvalue weighted by atomic mass is 10.0. The van der Waals surface area contributed by atoms with E-state index in [4.69, 9.17) is 14.2 Å². The molecule has 0 bridgehead atoms. The normalized spacial score (nSPS) is 24.7. The first kappa shape index (κ1) is 19.4. The van der Waals surface area contributed by atoms with Gasteiger partial charge in [-0.2, -0.15) is 0 Å². The summed E-state index contributed by atoms with van der Waals surface area (Å²) < 4.78 is 32.1. The molecular formula is C25H21FN2O4. The highest BCUT2D eigenvalue weighted by Crippen LogP contribution is 2.32. The molecule has 32 heavy (non-hydrogen) atoms. The third-order valence-corrected chi connectivity index (χ3v) is 6.06. The average molecular weight is 432 g/mol. The molecule has 0 saturated carbocycles. The number of aromatic amines is 1. The van der Waals surface area contributed by atoms with Gasteiger partial charge in [0.2, 0.25) is 0 Å². The van der Waals surface area contributed by atoms with Gasteiger partial charge < -0.3 is 24.3 Å². The summed E-state index contributed by atoms with van der Waals surface area (Å²) >= 11 is 0. The highest BCUT2D eigenvalue weighted by molar-refractivity contribution is 5.81. The number of fused-ring (bicyclic) bond motifs is 2. The predicted octanol–water partition coefficient (Wildman–Crippen LogP) is 3.94. The predicted molar refractivity (Wildman–Crippen MR) is 117 cm³/mol. The second kappa shape index (κ2) is 7.70. The molecule has 4 atom stereocenters. The van der Waals surface area contributed by atoms with Crippen LogP contribution < -0.4 is 4.74 Å². The molecule has 2 aliphatic heterocycles. The van der Waals surface area contributed by atoms with Crippen molar-refractivity contribution < 1.29 is 23.7 Å². The van der Waals surface area contributed by atoms with Gasteiger partial charge in [0.05, 0.1) is 24.2 Å². The molecule has 2 aromatic heterocycles. The molecule has 162 valence electrons. The number of ether oxygens (including phenoxy) is 3. The summed E-state index contributed by atoms with van der Waals surface area (Å²) in [6.45, 7) is 0.559. The second-order valence-electron chi connectivity index (χ2n) is 8.15. The molecule has 2 aliphatic rings. The molecule has 0 spiro atoms. The van der Waals surface area contributed by atoms with Crippen molar-refractivity contribution in [2.75, 3.05) is 13.2 Å². The first-order valence-corrected chi connectivity index (χ1v) is 10.6. The third kappa shape index (κ3) is 3.35. The number of aliphatic hydroxyl groups is 1. The van der Waals surface area contributed by atoms with Gasteiger partial charge in [-0.05, 0) is 11.1 Å². The molecule has 2 N–H and O–H groups in total. The smallest absolute Gasteiger partial charge is 0.193 e. The molecule has 6 nitrogen and oxygen atoms in total. The molecule has 4 heterocycles. The van der Waals surface area contributed by atoms with Crippen LogP contribution >= 0.6 is 0 Å². The van der Waals surface area contributed by atoms with Crippen molar-refractivity contribution in [1.29, 1.82) is 0 Å². The Hall–Kier alpha value is -3.26. The SMILES string of the molecule is OC1COC2C(Oc3cc4nc(-c5ccc(-c6ccccc6)cc5)c(F)cc4[nH]3)COC12. The number of nitrogens with zero attached hydrogens (tertiary/aromatic N) is 1. The number of hydrogen-bond donors (Lipinski definition) is 2. The van der Waals surface area contributed by atoms with Crippen LogP contribution in [-0.2, 0) is 9.47 Å². The molecule has 4 aromatic rings. The van der Waals surface area contributed by atoms with E-state index < -0.39 is 11.9 Å². The molecule has 4 unspecified atom stereocenters. The number of pyridine rings is 1. The highest BCUT2D eigenvalue weighted by atomic mass is 19.1. The number of H-pyrrole nitrogens is 1. The molecule has 2 aromatic carbocycles. The summed E-state index contributed by atoms with van der Waals surface area (Å²) in [5.74, 6) is 0.0487. The Balaban J connectivity index is 1.26. The van der Waals surface area contributed by atoms with Gasteiger partial charge in [-0.3, -0.25) is 0 Å². The van der Waals surface area contributed by atoms with E-state index in [1.165, 1.54) is 6.07 Å². The molecule has 6 rings (SSSR count). The standard InChI is InChI=1S/C25H21FN2O4/c26-17-10-18-19(11-22(27-18)32-21-13-31-24-20(29)12-30-25(21)24)28-23(17)16-8-6-15(7-9-16)14-4-2-1-3-5-14/h1-11,20-21,24-25,27,29H,12-13H2. The van der Waals surface area contributed by atoms with Gasteiger partial charge in [0, 0.05) is 17.7 Å². The van der Waals surface area contributed by atoms with E-state index in [9.17, 15) is 9.50 Å². The molecule has 0 amide bonds. The van der Waals surface area contributed by atoms with Crippen molar-refractivity contribution in [2.45, 2.75) is 24.4 Å². The summed E-state index contributed by atoms with van der Waals surface area (Å²) in [6.07, 6.45) is -1.67.